The maximum absolute atomic E-state index is 13.3. The summed E-state index contributed by atoms with van der Waals surface area (Å²) in [6.45, 7) is 8.13. The van der Waals surface area contributed by atoms with Gasteiger partial charge in [-0.25, -0.2) is 4.39 Å². The number of H-pyrrole nitrogens is 1. The fraction of sp³-hybridized carbons (Fsp3) is 0.273. The van der Waals surface area contributed by atoms with Crippen molar-refractivity contribution in [2.75, 3.05) is 5.32 Å². The van der Waals surface area contributed by atoms with Gasteiger partial charge in [-0.1, -0.05) is 37.6 Å². The Hall–Kier alpha value is -2.86. The molecule has 0 bridgehead atoms. The van der Waals surface area contributed by atoms with E-state index >= 15 is 0 Å². The van der Waals surface area contributed by atoms with Crippen molar-refractivity contribution in [3.05, 3.63) is 76.3 Å². The Kier molecular flexibility index (Phi) is 6.54. The van der Waals surface area contributed by atoms with Gasteiger partial charge < -0.3 is 15.0 Å². The molecule has 5 nitrogen and oxygen atoms in total. The number of fused-ring (bicyclic) bond motifs is 1. The van der Waals surface area contributed by atoms with Gasteiger partial charge in [0.1, 0.15) is 18.2 Å². The number of aryl methyl sites for hydroxylation is 1. The highest BCUT2D eigenvalue weighted by Crippen LogP contribution is 2.26. The first-order valence-corrected chi connectivity index (χ1v) is 9.74. The number of aromatic amines is 1. The van der Waals surface area contributed by atoms with Gasteiger partial charge in [-0.15, -0.1) is 5.10 Å². The molecule has 3 rings (SSSR count). The van der Waals surface area contributed by atoms with Crippen molar-refractivity contribution in [1.82, 2.24) is 15.2 Å². The smallest absolute Gasteiger partial charge is 0.162 e. The fourth-order valence-electron chi connectivity index (χ4n) is 2.80. The van der Waals surface area contributed by atoms with Crippen LogP contribution in [0.2, 0.25) is 0 Å². The van der Waals surface area contributed by atoms with Crippen molar-refractivity contribution in [3.63, 3.8) is 0 Å². The standard InChI is InChI=1S/C22H24ClFN4O/c1-13(2)21(27-22-19-10-25-14(3)18(19)11-26-28-22)9-20(23)15(4)29-12-16-6-5-7-17(24)8-16/h5-11,13,25H,12H2,1-4H3,(H,27,28)/b20-15-,21-9+. The number of allylic oxidation sites excluding steroid dienone is 4. The number of anilines is 1. The minimum atomic E-state index is -0.291. The molecule has 2 aromatic heterocycles. The van der Waals surface area contributed by atoms with Gasteiger partial charge in [0, 0.05) is 28.4 Å². The van der Waals surface area contributed by atoms with Gasteiger partial charge in [0.15, 0.2) is 5.82 Å². The molecule has 0 aliphatic heterocycles. The van der Waals surface area contributed by atoms with E-state index in [2.05, 4.69) is 34.3 Å². The molecule has 0 spiro atoms. The van der Waals surface area contributed by atoms with E-state index in [1.165, 1.54) is 12.1 Å². The van der Waals surface area contributed by atoms with Gasteiger partial charge in [0.05, 0.1) is 11.2 Å². The minimum absolute atomic E-state index is 0.164. The van der Waals surface area contributed by atoms with Crippen LogP contribution >= 0.6 is 11.6 Å². The second kappa shape index (κ2) is 9.09. The summed E-state index contributed by atoms with van der Waals surface area (Å²) in [7, 11) is 0. The molecule has 0 radical (unpaired) electrons. The van der Waals surface area contributed by atoms with Crippen molar-refractivity contribution in [3.8, 4) is 0 Å². The Bertz CT molecular complexity index is 1070. The number of ether oxygens (including phenoxy) is 1. The van der Waals surface area contributed by atoms with Crippen molar-refractivity contribution in [2.24, 2.45) is 5.92 Å². The number of benzene rings is 1. The molecule has 0 unspecified atom stereocenters. The zero-order chi connectivity index (χ0) is 21.0. The van der Waals surface area contributed by atoms with E-state index in [0.29, 0.717) is 16.6 Å². The Morgan fingerprint density at radius 1 is 1.34 bits per heavy atom. The van der Waals surface area contributed by atoms with Crippen molar-refractivity contribution in [1.29, 1.82) is 0 Å². The average molecular weight is 415 g/mol. The third-order valence-electron chi connectivity index (χ3n) is 4.57. The van der Waals surface area contributed by atoms with Crippen LogP contribution in [0.5, 0.6) is 0 Å². The molecule has 0 aliphatic rings. The van der Waals surface area contributed by atoms with E-state index in [9.17, 15) is 4.39 Å². The maximum Gasteiger partial charge on any atom is 0.162 e. The lowest BCUT2D eigenvalue weighted by Crippen LogP contribution is -2.08. The van der Waals surface area contributed by atoms with Crippen LogP contribution in [0.25, 0.3) is 10.8 Å². The first-order chi connectivity index (χ1) is 13.8. The Labute approximate surface area is 174 Å². The first kappa shape index (κ1) is 20.9. The van der Waals surface area contributed by atoms with Crippen LogP contribution in [0.3, 0.4) is 0 Å². The van der Waals surface area contributed by atoms with Crippen LogP contribution in [0, 0.1) is 18.7 Å². The third-order valence-corrected chi connectivity index (χ3v) is 4.95. The predicted octanol–water partition coefficient (Wildman–Crippen LogP) is 6.04. The molecule has 0 amide bonds. The van der Waals surface area contributed by atoms with Crippen LogP contribution in [-0.4, -0.2) is 15.2 Å². The summed E-state index contributed by atoms with van der Waals surface area (Å²) in [5, 5.41) is 14.1. The number of hydrogen-bond donors (Lipinski definition) is 2. The minimum Gasteiger partial charge on any atom is -0.492 e. The topological polar surface area (TPSA) is 62.8 Å². The molecule has 29 heavy (non-hydrogen) atoms. The Morgan fingerprint density at radius 2 is 2.14 bits per heavy atom. The molecule has 0 saturated carbocycles. The number of nitrogens with zero attached hydrogens (tertiary/aromatic N) is 2. The Balaban J connectivity index is 1.80. The highest BCUT2D eigenvalue weighted by molar-refractivity contribution is 6.31. The van der Waals surface area contributed by atoms with Crippen molar-refractivity contribution >= 4 is 28.2 Å². The van der Waals surface area contributed by atoms with Crippen LogP contribution in [0.15, 0.2) is 59.2 Å². The summed E-state index contributed by atoms with van der Waals surface area (Å²) in [6, 6.07) is 6.30. The van der Waals surface area contributed by atoms with Crippen LogP contribution in [0.1, 0.15) is 32.0 Å². The van der Waals surface area contributed by atoms with Gasteiger partial charge in [-0.2, -0.15) is 5.10 Å². The van der Waals surface area contributed by atoms with Gasteiger partial charge >= 0.3 is 0 Å². The second-order valence-electron chi connectivity index (χ2n) is 7.14. The molecule has 0 atom stereocenters. The predicted molar refractivity (Wildman–Crippen MR) is 115 cm³/mol. The van der Waals surface area contributed by atoms with Crippen LogP contribution in [0.4, 0.5) is 10.2 Å². The number of aromatic nitrogens is 3. The van der Waals surface area contributed by atoms with Crippen LogP contribution < -0.4 is 5.32 Å². The molecule has 2 N–H and O–H groups in total. The summed E-state index contributed by atoms with van der Waals surface area (Å²) in [4.78, 5) is 3.19. The molecule has 0 aliphatic carbocycles. The Morgan fingerprint density at radius 3 is 2.86 bits per heavy atom. The molecule has 7 heteroatoms. The van der Waals surface area contributed by atoms with E-state index in [0.717, 1.165) is 27.7 Å². The van der Waals surface area contributed by atoms with Gasteiger partial charge in [0.2, 0.25) is 0 Å². The first-order valence-electron chi connectivity index (χ1n) is 9.36. The molecule has 152 valence electrons. The lowest BCUT2D eigenvalue weighted by Gasteiger charge is -2.15. The summed E-state index contributed by atoms with van der Waals surface area (Å²) >= 11 is 6.48. The summed E-state index contributed by atoms with van der Waals surface area (Å²) < 4.78 is 19.0. The lowest BCUT2D eigenvalue weighted by molar-refractivity contribution is 0.199. The molecular formula is C22H24ClFN4O. The quantitative estimate of drug-likeness (QED) is 0.365. The molecular weight excluding hydrogens is 391 g/mol. The lowest BCUT2D eigenvalue weighted by atomic mass is 10.1. The zero-order valence-electron chi connectivity index (χ0n) is 16.9. The van der Waals surface area contributed by atoms with Crippen molar-refractivity contribution < 1.29 is 9.13 Å². The molecule has 2 heterocycles. The largest absolute Gasteiger partial charge is 0.492 e. The summed E-state index contributed by atoms with van der Waals surface area (Å²) in [5.74, 6) is 1.09. The molecule has 3 aromatic rings. The third kappa shape index (κ3) is 5.15. The van der Waals surface area contributed by atoms with E-state index in [4.69, 9.17) is 16.3 Å². The van der Waals surface area contributed by atoms with Crippen molar-refractivity contribution in [2.45, 2.75) is 34.3 Å². The number of rotatable bonds is 7. The van der Waals surface area contributed by atoms with E-state index < -0.39 is 0 Å². The van der Waals surface area contributed by atoms with Gasteiger partial charge in [-0.3, -0.25) is 0 Å². The van der Waals surface area contributed by atoms with Gasteiger partial charge in [0.25, 0.3) is 0 Å². The molecule has 0 fully saturated rings. The normalized spacial score (nSPS) is 13.0. The second-order valence-corrected chi connectivity index (χ2v) is 7.54. The summed E-state index contributed by atoms with van der Waals surface area (Å²) in [6.07, 6.45) is 5.47. The van der Waals surface area contributed by atoms with E-state index in [-0.39, 0.29) is 18.3 Å². The average Bonchev–Trinajstić information content (AvgIpc) is 3.07. The fourth-order valence-corrected chi connectivity index (χ4v) is 2.97. The molecule has 0 saturated heterocycles. The van der Waals surface area contributed by atoms with Crippen LogP contribution in [-0.2, 0) is 11.3 Å². The molecule has 1 aromatic carbocycles. The zero-order valence-corrected chi connectivity index (χ0v) is 17.6. The van der Waals surface area contributed by atoms with Gasteiger partial charge in [-0.05, 0) is 43.5 Å². The van der Waals surface area contributed by atoms with E-state index in [1.54, 1.807) is 25.3 Å². The highest BCUT2D eigenvalue weighted by atomic mass is 35.5. The highest BCUT2D eigenvalue weighted by Gasteiger charge is 2.12. The number of halogens is 2. The summed E-state index contributed by atoms with van der Waals surface area (Å²) in [5.41, 5.74) is 2.65. The maximum atomic E-state index is 13.3. The SMILES string of the molecule is C/C(OCc1cccc(F)c1)=C(Cl)\C=C(\Nc1nncc2c(C)[nH]cc12)C(C)C. The monoisotopic (exact) mass is 414 g/mol. The number of hydrogen-bond acceptors (Lipinski definition) is 4. The number of nitrogens with one attached hydrogen (secondary N) is 2. The van der Waals surface area contributed by atoms with E-state index in [1.807, 2.05) is 19.2 Å².